The van der Waals surface area contributed by atoms with Gasteiger partial charge in [0.25, 0.3) is 5.91 Å². The minimum atomic E-state index is -0.177. The summed E-state index contributed by atoms with van der Waals surface area (Å²) in [6, 6.07) is 7.91. The highest BCUT2D eigenvalue weighted by Crippen LogP contribution is 2.23. The number of carbonyl (C=O) groups is 1. The van der Waals surface area contributed by atoms with E-state index in [4.69, 9.17) is 0 Å². The number of imidazole rings is 1. The Kier molecular flexibility index (Phi) is 3.42. The Morgan fingerprint density at radius 3 is 2.32 bits per heavy atom. The van der Waals surface area contributed by atoms with Crippen molar-refractivity contribution in [2.45, 2.75) is 33.1 Å². The Labute approximate surface area is 113 Å². The summed E-state index contributed by atoms with van der Waals surface area (Å²) < 4.78 is 0. The lowest BCUT2D eigenvalue weighted by molar-refractivity contribution is 0.102. The van der Waals surface area contributed by atoms with Crippen LogP contribution in [0.1, 0.15) is 42.6 Å². The van der Waals surface area contributed by atoms with Gasteiger partial charge in [-0.15, -0.1) is 0 Å². The number of carbonyl (C=O) groups excluding carboxylic acids is 1. The molecular weight excluding hydrogens is 238 g/mol. The van der Waals surface area contributed by atoms with Gasteiger partial charge in [0.15, 0.2) is 0 Å². The smallest absolute Gasteiger partial charge is 0.273 e. The van der Waals surface area contributed by atoms with Gasteiger partial charge in [0, 0.05) is 5.69 Å². The van der Waals surface area contributed by atoms with Gasteiger partial charge in [-0.05, 0) is 30.0 Å². The van der Waals surface area contributed by atoms with E-state index in [1.807, 2.05) is 31.2 Å². The van der Waals surface area contributed by atoms with Crippen LogP contribution in [0.15, 0.2) is 30.5 Å². The molecule has 0 atom stereocenters. The summed E-state index contributed by atoms with van der Waals surface area (Å²) in [5.41, 5.74) is 2.61. The van der Waals surface area contributed by atoms with Crippen LogP contribution in [0.2, 0.25) is 0 Å². The van der Waals surface area contributed by atoms with E-state index in [0.717, 1.165) is 11.5 Å². The molecule has 1 heterocycles. The predicted octanol–water partition coefficient (Wildman–Crippen LogP) is 3.27. The van der Waals surface area contributed by atoms with Crippen molar-refractivity contribution in [3.8, 4) is 0 Å². The number of hydrogen-bond donors (Lipinski definition) is 2. The highest BCUT2D eigenvalue weighted by atomic mass is 16.1. The van der Waals surface area contributed by atoms with Crippen LogP contribution in [0.3, 0.4) is 0 Å². The summed E-state index contributed by atoms with van der Waals surface area (Å²) in [5.74, 6) is 0.553. The standard InChI is InChI=1S/C15H19N3O/c1-10-16-9-13(17-10)14(19)18-12-7-5-11(6-8-12)15(2,3)4/h5-9H,1-4H3,(H,16,17)(H,18,19). The van der Waals surface area contributed by atoms with Crippen LogP contribution in [-0.2, 0) is 5.41 Å². The van der Waals surface area contributed by atoms with Crippen LogP contribution in [0.4, 0.5) is 5.69 Å². The van der Waals surface area contributed by atoms with Crippen molar-refractivity contribution in [1.29, 1.82) is 0 Å². The molecule has 2 rings (SSSR count). The van der Waals surface area contributed by atoms with Crippen molar-refractivity contribution in [2.75, 3.05) is 5.32 Å². The monoisotopic (exact) mass is 257 g/mol. The van der Waals surface area contributed by atoms with Crippen LogP contribution < -0.4 is 5.32 Å². The van der Waals surface area contributed by atoms with Gasteiger partial charge >= 0.3 is 0 Å². The molecule has 0 radical (unpaired) electrons. The zero-order valence-electron chi connectivity index (χ0n) is 11.7. The van der Waals surface area contributed by atoms with Gasteiger partial charge in [-0.1, -0.05) is 32.9 Å². The topological polar surface area (TPSA) is 57.8 Å². The van der Waals surface area contributed by atoms with Crippen LogP contribution in [0.25, 0.3) is 0 Å². The molecule has 4 nitrogen and oxygen atoms in total. The number of anilines is 1. The van der Waals surface area contributed by atoms with E-state index < -0.39 is 0 Å². The number of nitrogens with one attached hydrogen (secondary N) is 2. The average Bonchev–Trinajstić information content (AvgIpc) is 2.75. The first-order chi connectivity index (χ1) is 8.86. The molecule has 100 valence electrons. The number of aryl methyl sites for hydroxylation is 1. The van der Waals surface area contributed by atoms with Crippen molar-refractivity contribution < 1.29 is 4.79 Å². The summed E-state index contributed by atoms with van der Waals surface area (Å²) >= 11 is 0. The fourth-order valence-corrected chi connectivity index (χ4v) is 1.79. The van der Waals surface area contributed by atoms with Crippen molar-refractivity contribution in [3.63, 3.8) is 0 Å². The number of H-pyrrole nitrogens is 1. The second kappa shape index (κ2) is 4.88. The lowest BCUT2D eigenvalue weighted by Crippen LogP contribution is -2.14. The van der Waals surface area contributed by atoms with Gasteiger partial charge in [0.2, 0.25) is 0 Å². The fraction of sp³-hybridized carbons (Fsp3) is 0.333. The molecule has 0 spiro atoms. The molecule has 0 aliphatic rings. The summed E-state index contributed by atoms with van der Waals surface area (Å²) in [4.78, 5) is 18.8. The Hall–Kier alpha value is -2.10. The predicted molar refractivity (Wildman–Crippen MR) is 76.4 cm³/mol. The molecule has 1 aromatic heterocycles. The minimum absolute atomic E-state index is 0.114. The minimum Gasteiger partial charge on any atom is -0.338 e. The molecular formula is C15H19N3O. The van der Waals surface area contributed by atoms with E-state index in [2.05, 4.69) is 36.1 Å². The Balaban J connectivity index is 2.10. The summed E-state index contributed by atoms with van der Waals surface area (Å²) in [7, 11) is 0. The molecule has 0 saturated carbocycles. The van der Waals surface area contributed by atoms with Gasteiger partial charge in [-0.3, -0.25) is 4.79 Å². The molecule has 1 aromatic carbocycles. The molecule has 0 unspecified atom stereocenters. The molecule has 19 heavy (non-hydrogen) atoms. The van der Waals surface area contributed by atoms with Crippen LogP contribution in [-0.4, -0.2) is 15.9 Å². The molecule has 2 N–H and O–H groups in total. The molecule has 0 aliphatic carbocycles. The first kappa shape index (κ1) is 13.3. The summed E-state index contributed by atoms with van der Waals surface area (Å²) in [6.07, 6.45) is 1.54. The highest BCUT2D eigenvalue weighted by molar-refractivity contribution is 6.02. The third-order valence-electron chi connectivity index (χ3n) is 2.96. The van der Waals surface area contributed by atoms with Gasteiger partial charge < -0.3 is 10.3 Å². The molecule has 0 aliphatic heterocycles. The maximum absolute atomic E-state index is 11.9. The fourth-order valence-electron chi connectivity index (χ4n) is 1.79. The maximum Gasteiger partial charge on any atom is 0.273 e. The molecule has 2 aromatic rings. The average molecular weight is 257 g/mol. The van der Waals surface area contributed by atoms with E-state index in [1.165, 1.54) is 11.8 Å². The normalized spacial score (nSPS) is 11.4. The number of benzene rings is 1. The highest BCUT2D eigenvalue weighted by Gasteiger charge is 2.13. The van der Waals surface area contributed by atoms with Crippen LogP contribution in [0.5, 0.6) is 0 Å². The van der Waals surface area contributed by atoms with Crippen LogP contribution in [0, 0.1) is 6.92 Å². The maximum atomic E-state index is 11.9. The largest absolute Gasteiger partial charge is 0.338 e. The van der Waals surface area contributed by atoms with Gasteiger partial charge in [-0.2, -0.15) is 0 Å². The third-order valence-corrected chi connectivity index (χ3v) is 2.96. The number of aromatic amines is 1. The van der Waals surface area contributed by atoms with Crippen molar-refractivity contribution >= 4 is 11.6 Å². The summed E-state index contributed by atoms with van der Waals surface area (Å²) in [6.45, 7) is 8.30. The molecule has 0 bridgehead atoms. The van der Waals surface area contributed by atoms with Gasteiger partial charge in [-0.25, -0.2) is 4.98 Å². The number of rotatable bonds is 2. The number of amides is 1. The zero-order chi connectivity index (χ0) is 14.0. The SMILES string of the molecule is Cc1ncc(C(=O)Nc2ccc(C(C)(C)C)cc2)[nH]1. The zero-order valence-corrected chi connectivity index (χ0v) is 11.7. The quantitative estimate of drug-likeness (QED) is 0.867. The molecule has 4 heteroatoms. The molecule has 0 saturated heterocycles. The third kappa shape index (κ3) is 3.22. The van der Waals surface area contributed by atoms with Crippen molar-refractivity contribution in [2.24, 2.45) is 0 Å². The second-order valence-electron chi connectivity index (χ2n) is 5.66. The molecule has 0 fully saturated rings. The van der Waals surface area contributed by atoms with Crippen LogP contribution >= 0.6 is 0 Å². The first-order valence-electron chi connectivity index (χ1n) is 6.30. The second-order valence-corrected chi connectivity index (χ2v) is 5.66. The first-order valence-corrected chi connectivity index (χ1v) is 6.30. The van der Waals surface area contributed by atoms with E-state index >= 15 is 0 Å². The molecule has 1 amide bonds. The van der Waals surface area contributed by atoms with Gasteiger partial charge in [0.1, 0.15) is 11.5 Å². The number of hydrogen-bond acceptors (Lipinski definition) is 2. The van der Waals surface area contributed by atoms with E-state index in [-0.39, 0.29) is 11.3 Å². The summed E-state index contributed by atoms with van der Waals surface area (Å²) in [5, 5.41) is 2.84. The Bertz CT molecular complexity index is 576. The lowest BCUT2D eigenvalue weighted by Gasteiger charge is -2.19. The Morgan fingerprint density at radius 1 is 1.21 bits per heavy atom. The Morgan fingerprint density at radius 2 is 1.84 bits per heavy atom. The van der Waals surface area contributed by atoms with Gasteiger partial charge in [0.05, 0.1) is 6.20 Å². The van der Waals surface area contributed by atoms with Crippen molar-refractivity contribution in [3.05, 3.63) is 47.5 Å². The van der Waals surface area contributed by atoms with Crippen molar-refractivity contribution in [1.82, 2.24) is 9.97 Å². The van der Waals surface area contributed by atoms with E-state index in [0.29, 0.717) is 5.69 Å². The number of aromatic nitrogens is 2. The van der Waals surface area contributed by atoms with E-state index in [9.17, 15) is 4.79 Å². The number of nitrogens with zero attached hydrogens (tertiary/aromatic N) is 1. The van der Waals surface area contributed by atoms with E-state index in [1.54, 1.807) is 0 Å². The lowest BCUT2D eigenvalue weighted by atomic mass is 9.87.